The van der Waals surface area contributed by atoms with Crippen molar-refractivity contribution >= 4 is 33.5 Å². The van der Waals surface area contributed by atoms with Gasteiger partial charge in [0.15, 0.2) is 0 Å². The number of hydrazone groups is 1. The number of rotatable bonds is 6. The predicted octanol–water partition coefficient (Wildman–Crippen LogP) is 3.41. The lowest BCUT2D eigenvalue weighted by Gasteiger charge is -2.10. The lowest BCUT2D eigenvalue weighted by molar-refractivity contribution is 0.0951. The van der Waals surface area contributed by atoms with Crippen molar-refractivity contribution in [2.24, 2.45) is 5.10 Å². The first-order valence-corrected chi connectivity index (χ1v) is 9.29. The Labute approximate surface area is 170 Å². The monoisotopic (exact) mass is 436 g/mol. The van der Waals surface area contributed by atoms with Crippen molar-refractivity contribution < 1.29 is 9.59 Å². The molecule has 3 rings (SSSR count). The van der Waals surface area contributed by atoms with Gasteiger partial charge in [-0.2, -0.15) is 5.10 Å². The van der Waals surface area contributed by atoms with E-state index < -0.39 is 0 Å². The first kappa shape index (κ1) is 19.4. The van der Waals surface area contributed by atoms with Gasteiger partial charge in [-0.3, -0.25) is 14.6 Å². The molecule has 0 aliphatic rings. The Bertz CT molecular complexity index is 992. The second-order valence-electron chi connectivity index (χ2n) is 5.77. The van der Waals surface area contributed by atoms with Crippen LogP contribution < -0.4 is 10.7 Å². The van der Waals surface area contributed by atoms with E-state index in [1.807, 2.05) is 36.4 Å². The van der Waals surface area contributed by atoms with Crippen molar-refractivity contribution in [2.45, 2.75) is 0 Å². The van der Waals surface area contributed by atoms with Crippen LogP contribution >= 0.6 is 15.9 Å². The third-order valence-corrected chi connectivity index (χ3v) is 4.55. The minimum atomic E-state index is -0.376. The molecule has 0 saturated carbocycles. The molecule has 0 aliphatic carbocycles. The lowest BCUT2D eigenvalue weighted by atomic mass is 10.1. The van der Waals surface area contributed by atoms with Crippen LogP contribution in [0.5, 0.6) is 0 Å². The molecule has 0 bridgehead atoms. The number of halogens is 1. The summed E-state index contributed by atoms with van der Waals surface area (Å²) in [5.74, 6) is -0.617. The van der Waals surface area contributed by atoms with E-state index in [2.05, 4.69) is 36.8 Å². The third-order valence-electron chi connectivity index (χ3n) is 3.86. The molecule has 0 aliphatic heterocycles. The van der Waals surface area contributed by atoms with Crippen LogP contribution in [-0.4, -0.2) is 29.1 Å². The fourth-order valence-corrected chi connectivity index (χ4v) is 2.89. The van der Waals surface area contributed by atoms with Gasteiger partial charge in [-0.15, -0.1) is 0 Å². The quantitative estimate of drug-likeness (QED) is 0.458. The summed E-state index contributed by atoms with van der Waals surface area (Å²) in [5.41, 5.74) is 4.76. The average molecular weight is 437 g/mol. The molecule has 2 aromatic carbocycles. The van der Waals surface area contributed by atoms with Gasteiger partial charge in [-0.1, -0.05) is 42.5 Å². The van der Waals surface area contributed by atoms with Gasteiger partial charge in [-0.25, -0.2) is 5.43 Å². The number of amides is 2. The Morgan fingerprint density at radius 1 is 0.893 bits per heavy atom. The van der Waals surface area contributed by atoms with Crippen LogP contribution in [0.3, 0.4) is 0 Å². The van der Waals surface area contributed by atoms with Crippen LogP contribution in [0.25, 0.3) is 0 Å². The molecule has 3 aromatic rings. The molecule has 2 N–H and O–H groups in total. The van der Waals surface area contributed by atoms with E-state index in [-0.39, 0.29) is 18.4 Å². The molecule has 0 fully saturated rings. The molecular formula is C21H17BrN4O2. The van der Waals surface area contributed by atoms with E-state index in [4.69, 9.17) is 0 Å². The van der Waals surface area contributed by atoms with Crippen LogP contribution in [0.4, 0.5) is 0 Å². The van der Waals surface area contributed by atoms with Crippen LogP contribution in [0.15, 0.2) is 88.7 Å². The topological polar surface area (TPSA) is 83.5 Å². The maximum atomic E-state index is 12.5. The second-order valence-corrected chi connectivity index (χ2v) is 6.62. The highest BCUT2D eigenvalue weighted by Gasteiger charge is 2.12. The zero-order chi connectivity index (χ0) is 19.8. The van der Waals surface area contributed by atoms with Gasteiger partial charge in [0.05, 0.1) is 23.4 Å². The number of carbonyl (C=O) groups excluding carboxylic acids is 2. The fraction of sp³-hybridized carbons (Fsp3) is 0.0476. The molecule has 1 aromatic heterocycles. The molecule has 2 amide bonds. The van der Waals surface area contributed by atoms with E-state index in [0.717, 1.165) is 5.56 Å². The molecule has 1 heterocycles. The largest absolute Gasteiger partial charge is 0.346 e. The summed E-state index contributed by atoms with van der Waals surface area (Å²) in [5, 5.41) is 7.06. The molecule has 7 heteroatoms. The van der Waals surface area contributed by atoms with Gasteiger partial charge in [0.2, 0.25) is 0 Å². The van der Waals surface area contributed by atoms with Crippen molar-refractivity contribution in [3.05, 3.63) is 100 Å². The minimum absolute atomic E-state index is 0.150. The van der Waals surface area contributed by atoms with Gasteiger partial charge in [0.25, 0.3) is 11.8 Å². The Morgan fingerprint density at radius 2 is 1.61 bits per heavy atom. The summed E-state index contributed by atoms with van der Waals surface area (Å²) < 4.78 is 0.704. The maximum absolute atomic E-state index is 12.5. The highest BCUT2D eigenvalue weighted by molar-refractivity contribution is 9.10. The lowest BCUT2D eigenvalue weighted by Crippen LogP contribution is -2.32. The summed E-state index contributed by atoms with van der Waals surface area (Å²) in [7, 11) is 0. The molecular weight excluding hydrogens is 420 g/mol. The Balaban J connectivity index is 1.75. The van der Waals surface area contributed by atoms with Crippen LogP contribution in [0.1, 0.15) is 26.3 Å². The standard InChI is InChI=1S/C21H17BrN4O2/c22-18-11-5-4-10-17(18)21(28)24-14-19(15-7-2-1-3-8-15)25-26-20(27)16-9-6-12-23-13-16/h1-13H,14H2,(H,24,28)(H,26,27)/b25-19+. The summed E-state index contributed by atoms with van der Waals surface area (Å²) in [6, 6.07) is 19.8. The average Bonchev–Trinajstić information content (AvgIpc) is 2.75. The first-order valence-electron chi connectivity index (χ1n) is 8.50. The first-order chi connectivity index (χ1) is 13.6. The van der Waals surface area contributed by atoms with Crippen molar-refractivity contribution in [3.8, 4) is 0 Å². The van der Waals surface area contributed by atoms with E-state index in [1.54, 1.807) is 36.5 Å². The van der Waals surface area contributed by atoms with E-state index in [9.17, 15) is 9.59 Å². The third kappa shape index (κ3) is 5.11. The van der Waals surface area contributed by atoms with E-state index >= 15 is 0 Å². The number of aromatic nitrogens is 1. The van der Waals surface area contributed by atoms with Crippen molar-refractivity contribution in [1.29, 1.82) is 0 Å². The summed E-state index contributed by atoms with van der Waals surface area (Å²) in [6.07, 6.45) is 3.05. The molecule has 6 nitrogen and oxygen atoms in total. The number of benzene rings is 2. The minimum Gasteiger partial charge on any atom is -0.346 e. The van der Waals surface area contributed by atoms with Gasteiger partial charge < -0.3 is 5.32 Å². The highest BCUT2D eigenvalue weighted by atomic mass is 79.9. The Hall–Kier alpha value is -3.32. The Morgan fingerprint density at radius 3 is 2.32 bits per heavy atom. The molecule has 0 spiro atoms. The normalized spacial score (nSPS) is 11.0. The van der Waals surface area contributed by atoms with Gasteiger partial charge in [0.1, 0.15) is 0 Å². The van der Waals surface area contributed by atoms with Gasteiger partial charge in [0, 0.05) is 16.9 Å². The molecule has 0 atom stereocenters. The number of nitrogens with one attached hydrogen (secondary N) is 2. The molecule has 28 heavy (non-hydrogen) atoms. The van der Waals surface area contributed by atoms with Crippen molar-refractivity contribution in [3.63, 3.8) is 0 Å². The van der Waals surface area contributed by atoms with Crippen LogP contribution in [0, 0.1) is 0 Å². The number of hydrogen-bond acceptors (Lipinski definition) is 4. The van der Waals surface area contributed by atoms with E-state index in [0.29, 0.717) is 21.3 Å². The summed E-state index contributed by atoms with van der Waals surface area (Å²) >= 11 is 3.37. The zero-order valence-electron chi connectivity index (χ0n) is 14.8. The number of pyridine rings is 1. The summed E-state index contributed by atoms with van der Waals surface area (Å²) in [6.45, 7) is 0.150. The number of nitrogens with zero attached hydrogens (tertiary/aromatic N) is 2. The van der Waals surface area contributed by atoms with E-state index in [1.165, 1.54) is 6.20 Å². The molecule has 0 saturated heterocycles. The highest BCUT2D eigenvalue weighted by Crippen LogP contribution is 2.15. The second kappa shape index (κ2) is 9.57. The van der Waals surface area contributed by atoms with Crippen molar-refractivity contribution in [1.82, 2.24) is 15.7 Å². The maximum Gasteiger partial charge on any atom is 0.272 e. The Kier molecular flexibility index (Phi) is 6.64. The molecule has 0 radical (unpaired) electrons. The van der Waals surface area contributed by atoms with Gasteiger partial charge >= 0.3 is 0 Å². The van der Waals surface area contributed by atoms with Crippen molar-refractivity contribution in [2.75, 3.05) is 6.54 Å². The zero-order valence-corrected chi connectivity index (χ0v) is 16.4. The van der Waals surface area contributed by atoms with Gasteiger partial charge in [-0.05, 0) is 45.8 Å². The van der Waals surface area contributed by atoms with Crippen LogP contribution in [0.2, 0.25) is 0 Å². The fourth-order valence-electron chi connectivity index (χ4n) is 2.42. The summed E-state index contributed by atoms with van der Waals surface area (Å²) in [4.78, 5) is 28.6. The van der Waals surface area contributed by atoms with Crippen LogP contribution in [-0.2, 0) is 0 Å². The number of hydrogen-bond donors (Lipinski definition) is 2. The predicted molar refractivity (Wildman–Crippen MR) is 111 cm³/mol. The number of carbonyl (C=O) groups is 2. The SMILES string of the molecule is O=C(N/N=C(\CNC(=O)c1ccccc1Br)c1ccccc1)c1cccnc1. The molecule has 140 valence electrons. The molecule has 0 unspecified atom stereocenters. The smallest absolute Gasteiger partial charge is 0.272 e.